The summed E-state index contributed by atoms with van der Waals surface area (Å²) in [5.74, 6) is 0.395. The first-order valence-corrected chi connectivity index (χ1v) is 15.6. The SMILES string of the molecule is CCNc1nc(Nc2cc(C#N)cc(N3CCC(NC(=O)OC)C(OC(=O)CC4CCC(N)CC4)C3)c2Cl)nn2c(C#N)cnc12.Cl. The largest absolute Gasteiger partial charge is 0.458 e. The molecule has 0 bridgehead atoms. The van der Waals surface area contributed by atoms with Gasteiger partial charge in [-0.3, -0.25) is 4.79 Å². The average Bonchev–Trinajstić information content (AvgIpc) is 3.47. The van der Waals surface area contributed by atoms with Gasteiger partial charge in [-0.25, -0.2) is 9.78 Å². The minimum absolute atomic E-state index is 0. The summed E-state index contributed by atoms with van der Waals surface area (Å²) in [5.41, 5.74) is 7.82. The van der Waals surface area contributed by atoms with Crippen molar-refractivity contribution < 1.29 is 19.1 Å². The smallest absolute Gasteiger partial charge is 0.407 e. The van der Waals surface area contributed by atoms with Crippen LogP contribution in [0.15, 0.2) is 18.3 Å². The number of rotatable bonds is 9. The molecule has 3 aromatic rings. The number of nitrogens with zero attached hydrogens (tertiary/aromatic N) is 7. The van der Waals surface area contributed by atoms with Crippen LogP contribution in [0.25, 0.3) is 5.65 Å². The number of fused-ring (bicyclic) bond motifs is 1. The lowest BCUT2D eigenvalue weighted by Gasteiger charge is -2.40. The summed E-state index contributed by atoms with van der Waals surface area (Å²) in [6.07, 6.45) is 4.27. The molecule has 250 valence electrons. The van der Waals surface area contributed by atoms with Crippen molar-refractivity contribution in [2.75, 3.05) is 42.3 Å². The maximum atomic E-state index is 13.1. The van der Waals surface area contributed by atoms with Gasteiger partial charge < -0.3 is 36.1 Å². The number of methoxy groups -OCH3 is 1. The van der Waals surface area contributed by atoms with Gasteiger partial charge in [-0.2, -0.15) is 20.0 Å². The fourth-order valence-corrected chi connectivity index (χ4v) is 6.16. The number of alkyl carbamates (subject to hydrolysis) is 1. The second-order valence-corrected chi connectivity index (χ2v) is 11.8. The van der Waals surface area contributed by atoms with Gasteiger partial charge in [-0.1, -0.05) is 11.6 Å². The molecule has 17 heteroatoms. The van der Waals surface area contributed by atoms with Gasteiger partial charge in [0.1, 0.15) is 12.2 Å². The maximum Gasteiger partial charge on any atom is 0.407 e. The van der Waals surface area contributed by atoms with E-state index in [4.69, 9.17) is 26.8 Å². The zero-order valence-electron chi connectivity index (χ0n) is 26.0. The van der Waals surface area contributed by atoms with Gasteiger partial charge in [0, 0.05) is 25.6 Å². The molecule has 1 aromatic carbocycles. The Labute approximate surface area is 283 Å². The first-order chi connectivity index (χ1) is 22.2. The van der Waals surface area contributed by atoms with Gasteiger partial charge in [0.05, 0.1) is 53.9 Å². The Kier molecular flexibility index (Phi) is 11.9. The van der Waals surface area contributed by atoms with E-state index in [0.717, 1.165) is 25.7 Å². The van der Waals surface area contributed by atoms with Crippen molar-refractivity contribution >= 4 is 64.9 Å². The van der Waals surface area contributed by atoms with Crippen LogP contribution in [0.5, 0.6) is 0 Å². The van der Waals surface area contributed by atoms with Crippen molar-refractivity contribution in [3.05, 3.63) is 34.6 Å². The number of nitrogens with two attached hydrogens (primary N) is 1. The van der Waals surface area contributed by atoms with E-state index in [1.807, 2.05) is 11.8 Å². The Morgan fingerprint density at radius 3 is 2.62 bits per heavy atom. The number of nitriles is 2. The lowest BCUT2D eigenvalue weighted by atomic mass is 9.84. The maximum absolute atomic E-state index is 13.1. The minimum Gasteiger partial charge on any atom is -0.458 e. The number of benzene rings is 1. The molecule has 2 atom stereocenters. The van der Waals surface area contributed by atoms with Crippen molar-refractivity contribution in [1.82, 2.24) is 24.9 Å². The van der Waals surface area contributed by atoms with Crippen LogP contribution in [0.1, 0.15) is 56.7 Å². The van der Waals surface area contributed by atoms with E-state index in [1.54, 1.807) is 12.1 Å². The van der Waals surface area contributed by atoms with E-state index in [-0.39, 0.29) is 60.0 Å². The molecule has 0 radical (unpaired) electrons. The molecule has 2 unspecified atom stereocenters. The zero-order chi connectivity index (χ0) is 32.8. The van der Waals surface area contributed by atoms with Crippen LogP contribution >= 0.6 is 24.0 Å². The number of amides is 1. The van der Waals surface area contributed by atoms with Gasteiger partial charge >= 0.3 is 12.1 Å². The minimum atomic E-state index is -0.705. The molecule has 1 amide bonds. The van der Waals surface area contributed by atoms with Gasteiger partial charge in [0.15, 0.2) is 17.2 Å². The molecular weight excluding hydrogens is 649 g/mol. The average molecular weight is 687 g/mol. The van der Waals surface area contributed by atoms with Gasteiger partial charge in [0.2, 0.25) is 5.95 Å². The molecule has 1 saturated heterocycles. The Hall–Kier alpha value is -4.57. The molecule has 0 spiro atoms. The highest BCUT2D eigenvalue weighted by Gasteiger charge is 2.35. The zero-order valence-corrected chi connectivity index (χ0v) is 27.6. The molecule has 1 saturated carbocycles. The third kappa shape index (κ3) is 8.24. The van der Waals surface area contributed by atoms with E-state index in [1.165, 1.54) is 17.8 Å². The van der Waals surface area contributed by atoms with Crippen molar-refractivity contribution in [3.63, 3.8) is 0 Å². The molecule has 2 fully saturated rings. The lowest BCUT2D eigenvalue weighted by Crippen LogP contribution is -2.56. The second kappa shape index (κ2) is 15.8. The summed E-state index contributed by atoms with van der Waals surface area (Å²) in [5, 5.41) is 33.1. The first-order valence-electron chi connectivity index (χ1n) is 15.2. The third-order valence-electron chi connectivity index (χ3n) is 8.27. The number of esters is 1. The molecular formula is C30H37Cl2N11O4. The van der Waals surface area contributed by atoms with Crippen molar-refractivity contribution in [1.29, 1.82) is 10.5 Å². The summed E-state index contributed by atoms with van der Waals surface area (Å²) in [6, 6.07) is 7.14. The molecule has 3 heterocycles. The highest BCUT2D eigenvalue weighted by atomic mass is 35.5. The number of hydrogen-bond donors (Lipinski definition) is 4. The number of hydrogen-bond acceptors (Lipinski definition) is 13. The fourth-order valence-electron chi connectivity index (χ4n) is 5.89. The predicted octanol–water partition coefficient (Wildman–Crippen LogP) is 3.87. The number of carbonyl (C=O) groups excluding carboxylic acids is 2. The second-order valence-electron chi connectivity index (χ2n) is 11.4. The van der Waals surface area contributed by atoms with Crippen LogP contribution in [0, 0.1) is 28.6 Å². The number of carbonyl (C=O) groups is 2. The molecule has 2 aliphatic rings. The predicted molar refractivity (Wildman–Crippen MR) is 177 cm³/mol. The van der Waals surface area contributed by atoms with Gasteiger partial charge in [-0.15, -0.1) is 17.5 Å². The fraction of sp³-hybridized carbons (Fsp3) is 0.500. The number of piperidine rings is 1. The van der Waals surface area contributed by atoms with E-state index in [0.29, 0.717) is 47.9 Å². The van der Waals surface area contributed by atoms with E-state index >= 15 is 0 Å². The quantitative estimate of drug-likeness (QED) is 0.236. The molecule has 47 heavy (non-hydrogen) atoms. The van der Waals surface area contributed by atoms with Crippen LogP contribution in [0.2, 0.25) is 5.02 Å². The van der Waals surface area contributed by atoms with Crippen LogP contribution in [0.4, 0.5) is 27.9 Å². The Morgan fingerprint density at radius 1 is 1.17 bits per heavy atom. The van der Waals surface area contributed by atoms with E-state index in [9.17, 15) is 20.1 Å². The van der Waals surface area contributed by atoms with E-state index < -0.39 is 18.2 Å². The topological polar surface area (TPSA) is 209 Å². The molecule has 1 aliphatic carbocycles. The van der Waals surface area contributed by atoms with Crippen LogP contribution in [0.3, 0.4) is 0 Å². The number of ether oxygens (including phenoxy) is 2. The van der Waals surface area contributed by atoms with Crippen LogP contribution in [-0.2, 0) is 14.3 Å². The molecule has 1 aliphatic heterocycles. The number of anilines is 4. The third-order valence-corrected chi connectivity index (χ3v) is 8.67. The first kappa shape index (κ1) is 35.3. The van der Waals surface area contributed by atoms with Crippen LogP contribution in [-0.4, -0.2) is 76.6 Å². The number of aromatic nitrogens is 4. The summed E-state index contributed by atoms with van der Waals surface area (Å²) in [6.45, 7) is 3.10. The Bertz CT molecular complexity index is 1680. The standard InChI is InChI=1S/C30H36ClN11O4.ClH/c1-3-35-27-28-36-15-20(14-33)42(28)40-29(39-27)37-22-10-18(13-32)11-23(26(22)31)41-9-8-21(38-30(44)45-2)24(16-41)46-25(43)12-17-4-6-19(34)7-5-17;/h10-11,15,17,19,21,24H,3-9,12,16,34H2,1-2H3,(H,38,44)(H2,35,37,39,40);1H. The normalized spacial score (nSPS) is 20.7. The number of nitrogens with one attached hydrogen (secondary N) is 3. The monoisotopic (exact) mass is 685 g/mol. The Balaban J connectivity index is 0.00000500. The number of halogens is 2. The lowest BCUT2D eigenvalue weighted by molar-refractivity contribution is -0.152. The van der Waals surface area contributed by atoms with Crippen molar-refractivity contribution in [3.8, 4) is 12.1 Å². The summed E-state index contributed by atoms with van der Waals surface area (Å²) in [7, 11) is 1.28. The van der Waals surface area contributed by atoms with Crippen molar-refractivity contribution in [2.24, 2.45) is 11.7 Å². The summed E-state index contributed by atoms with van der Waals surface area (Å²) in [4.78, 5) is 35.9. The molecule has 15 nitrogen and oxygen atoms in total. The highest BCUT2D eigenvalue weighted by molar-refractivity contribution is 6.36. The van der Waals surface area contributed by atoms with Gasteiger partial charge in [0.25, 0.3) is 0 Å². The van der Waals surface area contributed by atoms with E-state index in [2.05, 4.69) is 43.2 Å². The highest BCUT2D eigenvalue weighted by Crippen LogP contribution is 2.38. The number of imidazole rings is 1. The summed E-state index contributed by atoms with van der Waals surface area (Å²) < 4.78 is 12.2. The molecule has 2 aromatic heterocycles. The van der Waals surface area contributed by atoms with Crippen LogP contribution < -0.4 is 26.6 Å². The van der Waals surface area contributed by atoms with Crippen molar-refractivity contribution in [2.45, 2.75) is 63.6 Å². The summed E-state index contributed by atoms with van der Waals surface area (Å²) >= 11 is 6.95. The Morgan fingerprint density at radius 2 is 1.94 bits per heavy atom. The molecule has 5 N–H and O–H groups in total. The van der Waals surface area contributed by atoms with Gasteiger partial charge in [-0.05, 0) is 57.1 Å². The molecule has 5 rings (SSSR count).